The van der Waals surface area contributed by atoms with Crippen LogP contribution in [0.5, 0.6) is 0 Å². The third-order valence-corrected chi connectivity index (χ3v) is 3.53. The van der Waals surface area contributed by atoms with Crippen LogP contribution < -0.4 is 11.3 Å². The molecule has 3 rings (SSSR count). The SMILES string of the molecule is CCc1cccc2cc(-c3ccccc3)c(NN)nc12. The number of nitrogens with two attached hydrogens (primary N) is 1. The molecule has 3 heteroatoms. The van der Waals surface area contributed by atoms with Gasteiger partial charge in [0, 0.05) is 10.9 Å². The van der Waals surface area contributed by atoms with Crippen LogP contribution in [0.1, 0.15) is 12.5 Å². The molecule has 1 heterocycles. The first-order valence-electron chi connectivity index (χ1n) is 6.78. The molecule has 100 valence electrons. The molecule has 0 fully saturated rings. The Balaban J connectivity index is 2.28. The molecule has 0 aliphatic heterocycles. The average molecular weight is 263 g/mol. The van der Waals surface area contributed by atoms with Crippen molar-refractivity contribution in [3.05, 3.63) is 60.2 Å². The van der Waals surface area contributed by atoms with Crippen LogP contribution in [-0.2, 0) is 6.42 Å². The number of nitrogens with one attached hydrogen (secondary N) is 1. The van der Waals surface area contributed by atoms with Crippen LogP contribution in [-0.4, -0.2) is 4.98 Å². The Bertz CT molecular complexity index is 736. The van der Waals surface area contributed by atoms with Gasteiger partial charge in [-0.3, -0.25) is 0 Å². The fourth-order valence-corrected chi connectivity index (χ4v) is 2.49. The zero-order chi connectivity index (χ0) is 13.9. The monoisotopic (exact) mass is 263 g/mol. The van der Waals surface area contributed by atoms with Gasteiger partial charge in [-0.25, -0.2) is 10.8 Å². The Morgan fingerprint density at radius 2 is 1.85 bits per heavy atom. The van der Waals surface area contributed by atoms with Crippen LogP contribution in [0.4, 0.5) is 5.82 Å². The Morgan fingerprint density at radius 3 is 2.55 bits per heavy atom. The highest BCUT2D eigenvalue weighted by Crippen LogP contribution is 2.30. The summed E-state index contributed by atoms with van der Waals surface area (Å²) in [6.07, 6.45) is 0.957. The van der Waals surface area contributed by atoms with Crippen molar-refractivity contribution in [3.63, 3.8) is 0 Å². The minimum Gasteiger partial charge on any atom is -0.308 e. The van der Waals surface area contributed by atoms with Gasteiger partial charge in [-0.05, 0) is 23.6 Å². The van der Waals surface area contributed by atoms with Gasteiger partial charge in [0.2, 0.25) is 0 Å². The second-order valence-corrected chi connectivity index (χ2v) is 4.74. The van der Waals surface area contributed by atoms with Gasteiger partial charge in [0.05, 0.1) is 5.52 Å². The lowest BCUT2D eigenvalue weighted by atomic mass is 10.0. The smallest absolute Gasteiger partial charge is 0.148 e. The van der Waals surface area contributed by atoms with Crippen molar-refractivity contribution in [2.45, 2.75) is 13.3 Å². The Kier molecular flexibility index (Phi) is 3.35. The third-order valence-electron chi connectivity index (χ3n) is 3.53. The highest BCUT2D eigenvalue weighted by Gasteiger charge is 2.09. The van der Waals surface area contributed by atoms with Crippen molar-refractivity contribution < 1.29 is 0 Å². The van der Waals surface area contributed by atoms with Crippen LogP contribution in [0.15, 0.2) is 54.6 Å². The minimum absolute atomic E-state index is 0.713. The predicted molar refractivity (Wildman–Crippen MR) is 84.4 cm³/mol. The van der Waals surface area contributed by atoms with Gasteiger partial charge >= 0.3 is 0 Å². The minimum atomic E-state index is 0.713. The lowest BCUT2D eigenvalue weighted by molar-refractivity contribution is 1.14. The van der Waals surface area contributed by atoms with Crippen molar-refractivity contribution in [2.24, 2.45) is 5.84 Å². The second-order valence-electron chi connectivity index (χ2n) is 4.74. The number of aryl methyl sites for hydroxylation is 1. The quantitative estimate of drug-likeness (QED) is 0.559. The van der Waals surface area contributed by atoms with Crippen LogP contribution in [0, 0.1) is 0 Å². The van der Waals surface area contributed by atoms with E-state index in [-0.39, 0.29) is 0 Å². The van der Waals surface area contributed by atoms with Crippen LogP contribution >= 0.6 is 0 Å². The Morgan fingerprint density at radius 1 is 1.05 bits per heavy atom. The lowest BCUT2D eigenvalue weighted by Gasteiger charge is -2.12. The molecule has 0 amide bonds. The number of hydrogen-bond donors (Lipinski definition) is 2. The number of fused-ring (bicyclic) bond motifs is 1. The van der Waals surface area contributed by atoms with E-state index in [1.165, 1.54) is 5.56 Å². The van der Waals surface area contributed by atoms with Gasteiger partial charge in [0.1, 0.15) is 5.82 Å². The van der Waals surface area contributed by atoms with E-state index in [0.29, 0.717) is 5.82 Å². The fraction of sp³-hybridized carbons (Fsp3) is 0.118. The normalized spacial score (nSPS) is 10.7. The standard InChI is InChI=1S/C17H17N3/c1-2-12-9-6-10-14-11-15(13-7-4-3-5-8-13)17(20-18)19-16(12)14/h3-11H,2,18H2,1H3,(H,19,20). The van der Waals surface area contributed by atoms with E-state index in [4.69, 9.17) is 10.8 Å². The highest BCUT2D eigenvalue weighted by atomic mass is 15.2. The van der Waals surface area contributed by atoms with Crippen LogP contribution in [0.2, 0.25) is 0 Å². The van der Waals surface area contributed by atoms with E-state index in [2.05, 4.69) is 48.7 Å². The number of nitrogen functional groups attached to an aromatic ring is 1. The fourth-order valence-electron chi connectivity index (χ4n) is 2.49. The summed E-state index contributed by atoms with van der Waals surface area (Å²) >= 11 is 0. The highest BCUT2D eigenvalue weighted by molar-refractivity contribution is 5.91. The summed E-state index contributed by atoms with van der Waals surface area (Å²) in [4.78, 5) is 4.70. The van der Waals surface area contributed by atoms with Gasteiger partial charge in [0.15, 0.2) is 0 Å². The molecule has 3 aromatic rings. The maximum absolute atomic E-state index is 5.66. The number of aromatic nitrogens is 1. The van der Waals surface area contributed by atoms with Gasteiger partial charge in [0.25, 0.3) is 0 Å². The summed E-state index contributed by atoms with van der Waals surface area (Å²) in [5, 5.41) is 1.14. The van der Waals surface area contributed by atoms with E-state index < -0.39 is 0 Å². The number of benzene rings is 2. The topological polar surface area (TPSA) is 50.9 Å². The first-order chi connectivity index (χ1) is 9.83. The molecule has 0 atom stereocenters. The van der Waals surface area contributed by atoms with Crippen molar-refractivity contribution in [2.75, 3.05) is 5.43 Å². The molecule has 1 aromatic heterocycles. The molecule has 0 spiro atoms. The largest absolute Gasteiger partial charge is 0.308 e. The van der Waals surface area contributed by atoms with E-state index in [1.54, 1.807) is 0 Å². The van der Waals surface area contributed by atoms with Crippen molar-refractivity contribution in [1.29, 1.82) is 0 Å². The molecule has 0 unspecified atom stereocenters. The summed E-state index contributed by atoms with van der Waals surface area (Å²) in [6, 6.07) is 18.6. The summed E-state index contributed by atoms with van der Waals surface area (Å²) in [7, 11) is 0. The molecular formula is C17H17N3. The molecule has 3 N–H and O–H groups in total. The van der Waals surface area contributed by atoms with E-state index >= 15 is 0 Å². The Labute approximate surface area is 118 Å². The Hall–Kier alpha value is -2.39. The van der Waals surface area contributed by atoms with E-state index in [0.717, 1.165) is 28.5 Å². The third kappa shape index (κ3) is 2.12. The van der Waals surface area contributed by atoms with E-state index in [1.807, 2.05) is 18.2 Å². The number of rotatable bonds is 3. The summed E-state index contributed by atoms with van der Waals surface area (Å²) in [5.74, 6) is 6.37. The predicted octanol–water partition coefficient (Wildman–Crippen LogP) is 3.75. The molecule has 0 saturated heterocycles. The maximum atomic E-state index is 5.66. The average Bonchev–Trinajstić information content (AvgIpc) is 2.53. The van der Waals surface area contributed by atoms with Crippen molar-refractivity contribution in [1.82, 2.24) is 4.98 Å². The van der Waals surface area contributed by atoms with Crippen LogP contribution in [0.3, 0.4) is 0 Å². The molecule has 2 aromatic carbocycles. The van der Waals surface area contributed by atoms with Crippen molar-refractivity contribution in [3.8, 4) is 11.1 Å². The number of hydrazine groups is 1. The van der Waals surface area contributed by atoms with Gasteiger partial charge in [-0.15, -0.1) is 0 Å². The first kappa shape index (κ1) is 12.6. The molecule has 20 heavy (non-hydrogen) atoms. The molecule has 0 bridgehead atoms. The zero-order valence-corrected chi connectivity index (χ0v) is 11.4. The number of nitrogens with zero attached hydrogens (tertiary/aromatic N) is 1. The summed E-state index contributed by atoms with van der Waals surface area (Å²) in [6.45, 7) is 2.14. The van der Waals surface area contributed by atoms with Crippen LogP contribution in [0.25, 0.3) is 22.0 Å². The lowest BCUT2D eigenvalue weighted by Crippen LogP contribution is -2.10. The van der Waals surface area contributed by atoms with Gasteiger partial charge < -0.3 is 5.43 Å². The van der Waals surface area contributed by atoms with E-state index in [9.17, 15) is 0 Å². The summed E-state index contributed by atoms with van der Waals surface area (Å²) in [5.41, 5.74) is 7.11. The molecule has 0 radical (unpaired) electrons. The number of anilines is 1. The van der Waals surface area contributed by atoms with Crippen molar-refractivity contribution >= 4 is 16.7 Å². The summed E-state index contributed by atoms with van der Waals surface area (Å²) < 4.78 is 0. The molecule has 0 aliphatic rings. The second kappa shape index (κ2) is 5.31. The maximum Gasteiger partial charge on any atom is 0.148 e. The molecular weight excluding hydrogens is 246 g/mol. The number of pyridine rings is 1. The van der Waals surface area contributed by atoms with Gasteiger partial charge in [-0.1, -0.05) is 55.5 Å². The molecule has 0 aliphatic carbocycles. The number of para-hydroxylation sites is 1. The zero-order valence-electron chi connectivity index (χ0n) is 11.4. The number of hydrogen-bond acceptors (Lipinski definition) is 3. The first-order valence-corrected chi connectivity index (χ1v) is 6.78. The van der Waals surface area contributed by atoms with Gasteiger partial charge in [-0.2, -0.15) is 0 Å². The molecule has 0 saturated carbocycles. The molecule has 3 nitrogen and oxygen atoms in total.